The number of carbonyl (C=O) groups excluding carboxylic acids is 1. The maximum absolute atomic E-state index is 12.2. The zero-order chi connectivity index (χ0) is 14.9. The van der Waals surface area contributed by atoms with E-state index in [9.17, 15) is 4.79 Å². The standard InChI is InChI=1S/C15H23N3O3/c1-10-13(11(2)21-18-10)17-14(19)16-12-5-8-20-15(9-12)6-3-4-7-15/h12H,3-9H2,1-2H3,(H2,16,17,19)/t12-/m0/s1. The lowest BCUT2D eigenvalue weighted by atomic mass is 9.89. The smallest absolute Gasteiger partial charge is 0.319 e. The molecule has 3 rings (SSSR count). The van der Waals surface area contributed by atoms with Crippen molar-refractivity contribution in [2.75, 3.05) is 11.9 Å². The van der Waals surface area contributed by atoms with Crippen molar-refractivity contribution in [2.24, 2.45) is 0 Å². The molecule has 1 spiro atoms. The Kier molecular flexibility index (Phi) is 3.89. The minimum atomic E-state index is -0.190. The summed E-state index contributed by atoms with van der Waals surface area (Å²) in [6.07, 6.45) is 6.50. The topological polar surface area (TPSA) is 76.4 Å². The Morgan fingerprint density at radius 1 is 1.33 bits per heavy atom. The van der Waals surface area contributed by atoms with Crippen LogP contribution >= 0.6 is 0 Å². The van der Waals surface area contributed by atoms with Crippen molar-refractivity contribution in [1.29, 1.82) is 0 Å². The van der Waals surface area contributed by atoms with E-state index in [1.54, 1.807) is 6.92 Å². The van der Waals surface area contributed by atoms with Gasteiger partial charge in [0.25, 0.3) is 0 Å². The van der Waals surface area contributed by atoms with Crippen LogP contribution in [-0.2, 0) is 4.74 Å². The molecule has 1 saturated heterocycles. The molecule has 0 bridgehead atoms. The van der Waals surface area contributed by atoms with Crippen LogP contribution in [0.4, 0.5) is 10.5 Å². The maximum atomic E-state index is 12.2. The number of anilines is 1. The molecule has 2 amide bonds. The molecule has 1 atom stereocenters. The molecule has 1 aromatic heterocycles. The summed E-state index contributed by atoms with van der Waals surface area (Å²) in [5.74, 6) is 0.627. The average molecular weight is 293 g/mol. The van der Waals surface area contributed by atoms with Crippen LogP contribution in [0.5, 0.6) is 0 Å². The van der Waals surface area contributed by atoms with Crippen LogP contribution in [0, 0.1) is 13.8 Å². The summed E-state index contributed by atoms with van der Waals surface area (Å²) >= 11 is 0. The number of aryl methyl sites for hydroxylation is 2. The van der Waals surface area contributed by atoms with Gasteiger partial charge in [-0.05, 0) is 39.5 Å². The Bertz CT molecular complexity index is 501. The molecule has 1 aliphatic heterocycles. The summed E-state index contributed by atoms with van der Waals surface area (Å²) in [5.41, 5.74) is 1.37. The highest BCUT2D eigenvalue weighted by Gasteiger charge is 2.40. The molecule has 0 radical (unpaired) electrons. The van der Waals surface area contributed by atoms with Gasteiger partial charge in [0.1, 0.15) is 11.4 Å². The Balaban J connectivity index is 1.57. The number of aromatic nitrogens is 1. The van der Waals surface area contributed by atoms with E-state index in [4.69, 9.17) is 9.26 Å². The summed E-state index contributed by atoms with van der Waals surface area (Å²) in [7, 11) is 0. The largest absolute Gasteiger partial charge is 0.375 e. The van der Waals surface area contributed by atoms with Crippen LogP contribution in [0.2, 0.25) is 0 Å². The quantitative estimate of drug-likeness (QED) is 0.879. The van der Waals surface area contributed by atoms with E-state index < -0.39 is 0 Å². The monoisotopic (exact) mass is 293 g/mol. The fraction of sp³-hybridized carbons (Fsp3) is 0.733. The van der Waals surface area contributed by atoms with E-state index in [-0.39, 0.29) is 17.7 Å². The van der Waals surface area contributed by atoms with Gasteiger partial charge in [-0.3, -0.25) is 0 Å². The van der Waals surface area contributed by atoms with Crippen LogP contribution in [0.25, 0.3) is 0 Å². The molecule has 6 nitrogen and oxygen atoms in total. The molecular formula is C15H23N3O3. The normalized spacial score (nSPS) is 24.2. The van der Waals surface area contributed by atoms with Gasteiger partial charge in [0.15, 0.2) is 5.76 Å². The van der Waals surface area contributed by atoms with Crippen molar-refractivity contribution in [3.05, 3.63) is 11.5 Å². The molecule has 21 heavy (non-hydrogen) atoms. The Hall–Kier alpha value is -1.56. The molecule has 2 aliphatic rings. The van der Waals surface area contributed by atoms with Crippen molar-refractivity contribution >= 4 is 11.7 Å². The number of nitrogens with one attached hydrogen (secondary N) is 2. The van der Waals surface area contributed by atoms with Gasteiger partial charge in [0.2, 0.25) is 0 Å². The Morgan fingerprint density at radius 3 is 2.76 bits per heavy atom. The number of carbonyl (C=O) groups is 1. The predicted molar refractivity (Wildman–Crippen MR) is 78.3 cm³/mol. The van der Waals surface area contributed by atoms with E-state index in [0.717, 1.165) is 32.3 Å². The third kappa shape index (κ3) is 3.05. The summed E-state index contributed by atoms with van der Waals surface area (Å²) in [4.78, 5) is 12.2. The zero-order valence-electron chi connectivity index (χ0n) is 12.7. The van der Waals surface area contributed by atoms with Crippen molar-refractivity contribution < 1.29 is 14.1 Å². The third-order valence-electron chi connectivity index (χ3n) is 4.61. The minimum absolute atomic E-state index is 0.0131. The number of amides is 2. The molecule has 1 aromatic rings. The van der Waals surface area contributed by atoms with Crippen LogP contribution in [-0.4, -0.2) is 29.4 Å². The van der Waals surface area contributed by atoms with E-state index in [0.29, 0.717) is 17.1 Å². The summed E-state index contributed by atoms with van der Waals surface area (Å²) in [6.45, 7) is 4.34. The van der Waals surface area contributed by atoms with Gasteiger partial charge in [-0.1, -0.05) is 18.0 Å². The van der Waals surface area contributed by atoms with Gasteiger partial charge < -0.3 is 19.9 Å². The van der Waals surface area contributed by atoms with Gasteiger partial charge >= 0.3 is 6.03 Å². The number of nitrogens with zero attached hydrogens (tertiary/aromatic N) is 1. The summed E-state index contributed by atoms with van der Waals surface area (Å²) in [6, 6.07) is -0.0123. The van der Waals surface area contributed by atoms with Gasteiger partial charge in [0, 0.05) is 12.6 Å². The summed E-state index contributed by atoms with van der Waals surface area (Å²) in [5, 5.41) is 9.74. The van der Waals surface area contributed by atoms with E-state index in [1.807, 2.05) is 6.92 Å². The lowest BCUT2D eigenvalue weighted by Crippen LogP contribution is -2.48. The fourth-order valence-corrected chi connectivity index (χ4v) is 3.52. The first-order valence-electron chi connectivity index (χ1n) is 7.72. The highest BCUT2D eigenvalue weighted by atomic mass is 16.5. The van der Waals surface area contributed by atoms with Crippen molar-refractivity contribution in [1.82, 2.24) is 10.5 Å². The van der Waals surface area contributed by atoms with E-state index in [1.165, 1.54) is 12.8 Å². The lowest BCUT2D eigenvalue weighted by Gasteiger charge is -2.38. The van der Waals surface area contributed by atoms with Crippen LogP contribution in [0.1, 0.15) is 50.0 Å². The number of urea groups is 1. The van der Waals surface area contributed by atoms with Crippen LogP contribution in [0.3, 0.4) is 0 Å². The van der Waals surface area contributed by atoms with Gasteiger partial charge in [-0.25, -0.2) is 4.79 Å². The number of ether oxygens (including phenoxy) is 1. The highest BCUT2D eigenvalue weighted by Crippen LogP contribution is 2.39. The third-order valence-corrected chi connectivity index (χ3v) is 4.61. The molecule has 0 aromatic carbocycles. The molecule has 1 aliphatic carbocycles. The van der Waals surface area contributed by atoms with Gasteiger partial charge in [0.05, 0.1) is 5.60 Å². The molecule has 1 saturated carbocycles. The highest BCUT2D eigenvalue weighted by molar-refractivity contribution is 5.90. The summed E-state index contributed by atoms with van der Waals surface area (Å²) < 4.78 is 11.0. The first-order valence-corrected chi connectivity index (χ1v) is 7.72. The second kappa shape index (κ2) is 5.67. The van der Waals surface area contributed by atoms with Crippen molar-refractivity contribution in [2.45, 2.75) is 64.0 Å². The first-order chi connectivity index (χ1) is 10.1. The molecule has 2 heterocycles. The first kappa shape index (κ1) is 14.4. The van der Waals surface area contributed by atoms with Crippen molar-refractivity contribution in [3.8, 4) is 0 Å². The van der Waals surface area contributed by atoms with Gasteiger partial charge in [-0.2, -0.15) is 0 Å². The Morgan fingerprint density at radius 2 is 2.10 bits per heavy atom. The molecule has 2 fully saturated rings. The zero-order valence-corrected chi connectivity index (χ0v) is 12.7. The van der Waals surface area contributed by atoms with E-state index >= 15 is 0 Å². The average Bonchev–Trinajstić information content (AvgIpc) is 3.01. The maximum Gasteiger partial charge on any atom is 0.319 e. The molecule has 2 N–H and O–H groups in total. The van der Waals surface area contributed by atoms with E-state index in [2.05, 4.69) is 15.8 Å². The molecule has 6 heteroatoms. The fourth-order valence-electron chi connectivity index (χ4n) is 3.52. The molecule has 0 unspecified atom stereocenters. The molecule has 116 valence electrons. The van der Waals surface area contributed by atoms with Crippen LogP contribution < -0.4 is 10.6 Å². The lowest BCUT2D eigenvalue weighted by molar-refractivity contribution is -0.0818. The second-order valence-electron chi connectivity index (χ2n) is 6.23. The van der Waals surface area contributed by atoms with Gasteiger partial charge in [-0.15, -0.1) is 0 Å². The predicted octanol–water partition coefficient (Wildman–Crippen LogP) is 2.90. The van der Waals surface area contributed by atoms with Crippen LogP contribution in [0.15, 0.2) is 4.52 Å². The van der Waals surface area contributed by atoms with Crippen molar-refractivity contribution in [3.63, 3.8) is 0 Å². The SMILES string of the molecule is Cc1noc(C)c1NC(=O)N[C@H]1CCOC2(CCCC2)C1. The molecular weight excluding hydrogens is 270 g/mol. The Labute approximate surface area is 124 Å². The second-order valence-corrected chi connectivity index (χ2v) is 6.23. The number of hydrogen-bond donors (Lipinski definition) is 2. The number of rotatable bonds is 2. The number of hydrogen-bond acceptors (Lipinski definition) is 4. The minimum Gasteiger partial charge on any atom is -0.375 e.